The highest BCUT2D eigenvalue weighted by Crippen LogP contribution is 2.26. The number of nitrogens with two attached hydrogens (primary N) is 1. The highest BCUT2D eigenvalue weighted by molar-refractivity contribution is 7.95. The van der Waals surface area contributed by atoms with Crippen LogP contribution in [0, 0.1) is 0 Å². The molecule has 76 valence electrons. The van der Waals surface area contributed by atoms with E-state index in [1.165, 1.54) is 37.0 Å². The van der Waals surface area contributed by atoms with Gasteiger partial charge in [0.1, 0.15) is 16.3 Å². The van der Waals surface area contributed by atoms with Crippen LogP contribution in [-0.2, 0) is 11.1 Å². The van der Waals surface area contributed by atoms with Crippen molar-refractivity contribution < 1.29 is 0 Å². The van der Waals surface area contributed by atoms with E-state index < -0.39 is 0 Å². The van der Waals surface area contributed by atoms with Crippen molar-refractivity contribution in [2.45, 2.75) is 42.2 Å². The number of hydrogen-bond donors (Lipinski definition) is 1. The lowest BCUT2D eigenvalue weighted by atomic mass is 10.0. The van der Waals surface area contributed by atoms with Crippen LogP contribution in [0.15, 0.2) is 35.2 Å². The summed E-state index contributed by atoms with van der Waals surface area (Å²) in [5, 5.41) is 7.04. The van der Waals surface area contributed by atoms with E-state index in [4.69, 9.17) is 5.14 Å². The van der Waals surface area contributed by atoms with Crippen LogP contribution in [0.3, 0.4) is 0 Å². The van der Waals surface area contributed by atoms with Gasteiger partial charge in [0.25, 0.3) is 0 Å². The van der Waals surface area contributed by atoms with Gasteiger partial charge in [0.2, 0.25) is 0 Å². The maximum Gasteiger partial charge on any atom is 0.175 e. The van der Waals surface area contributed by atoms with E-state index in [9.17, 15) is 0 Å². The molecule has 0 bridgehead atoms. The van der Waals surface area contributed by atoms with Gasteiger partial charge in [-0.1, -0.05) is 24.6 Å². The lowest BCUT2D eigenvalue weighted by molar-refractivity contribution is 0.512. The summed E-state index contributed by atoms with van der Waals surface area (Å²) in [5.74, 6) is 0. The fourth-order valence-corrected chi connectivity index (χ4v) is 3.79. The van der Waals surface area contributed by atoms with Gasteiger partial charge in [0.05, 0.1) is 0 Å². The Morgan fingerprint density at radius 1 is 1.00 bits per heavy atom. The summed E-state index contributed by atoms with van der Waals surface area (Å²) in [7, 11) is 0. The van der Waals surface area contributed by atoms with Crippen molar-refractivity contribution in [2.75, 3.05) is 0 Å². The minimum Gasteiger partial charge on any atom is -0.146 e. The Morgan fingerprint density at radius 2 is 1.64 bits per heavy atom. The van der Waals surface area contributed by atoms with Crippen LogP contribution in [0.4, 0.5) is 0 Å². The lowest BCUT2D eigenvalue weighted by Crippen LogP contribution is -2.30. The number of rotatable bonds is 2. The predicted molar refractivity (Wildman–Crippen MR) is 63.1 cm³/mol. The summed E-state index contributed by atoms with van der Waals surface area (Å²) in [6.07, 6.45) is 6.81. The van der Waals surface area contributed by atoms with E-state index in [0.29, 0.717) is 0 Å². The third kappa shape index (κ3) is 2.31. The molecule has 1 saturated carbocycles. The first-order valence-corrected chi connectivity index (χ1v) is 6.75. The normalized spacial score (nSPS) is 20.6. The molecule has 1 unspecified atom stereocenters. The molecular formula is C12H18NS+. The maximum absolute atomic E-state index is 6.30. The van der Waals surface area contributed by atoms with Crippen molar-refractivity contribution in [1.82, 2.24) is 0 Å². The Hall–Kier alpha value is -0.470. The summed E-state index contributed by atoms with van der Waals surface area (Å²) >= 11 is -0.0198. The Morgan fingerprint density at radius 3 is 2.29 bits per heavy atom. The Balaban J connectivity index is 2.03. The van der Waals surface area contributed by atoms with E-state index in [-0.39, 0.29) is 11.1 Å². The summed E-state index contributed by atoms with van der Waals surface area (Å²) in [5.41, 5.74) is 0. The maximum atomic E-state index is 6.30. The average molecular weight is 208 g/mol. The van der Waals surface area contributed by atoms with Crippen molar-refractivity contribution >= 4 is 11.1 Å². The molecule has 0 amide bonds. The number of hydrogen-bond acceptors (Lipinski definition) is 1. The fraction of sp³-hybridized carbons (Fsp3) is 0.500. The van der Waals surface area contributed by atoms with Crippen LogP contribution in [0.25, 0.3) is 0 Å². The van der Waals surface area contributed by atoms with E-state index in [1.807, 2.05) is 0 Å². The minimum absolute atomic E-state index is 0.0198. The molecule has 1 atom stereocenters. The van der Waals surface area contributed by atoms with Gasteiger partial charge in [-0.25, -0.2) is 0 Å². The van der Waals surface area contributed by atoms with Crippen LogP contribution < -0.4 is 5.14 Å². The molecule has 1 aliphatic rings. The highest BCUT2D eigenvalue weighted by atomic mass is 32.2. The van der Waals surface area contributed by atoms with Gasteiger partial charge in [0, 0.05) is 0 Å². The van der Waals surface area contributed by atoms with Gasteiger partial charge in [-0.2, -0.15) is 0 Å². The standard InChI is InChI=1S/C12H18NS/c13-14(11-7-3-1-4-8-11)12-9-5-2-6-10-12/h1,3-4,7-8,12H,2,5-6,9-10,13H2/q+1. The molecule has 1 nitrogen and oxygen atoms in total. The van der Waals surface area contributed by atoms with Crippen LogP contribution in [0.5, 0.6) is 0 Å². The number of benzene rings is 1. The molecule has 1 aromatic carbocycles. The van der Waals surface area contributed by atoms with Gasteiger partial charge in [-0.15, -0.1) is 5.14 Å². The smallest absolute Gasteiger partial charge is 0.146 e. The molecule has 0 heterocycles. The topological polar surface area (TPSA) is 26.0 Å². The van der Waals surface area contributed by atoms with Crippen molar-refractivity contribution in [3.63, 3.8) is 0 Å². The second-order valence-electron chi connectivity index (χ2n) is 3.94. The third-order valence-electron chi connectivity index (χ3n) is 2.93. The zero-order chi connectivity index (χ0) is 9.80. The third-order valence-corrected chi connectivity index (χ3v) is 4.93. The molecule has 1 aliphatic carbocycles. The lowest BCUT2D eigenvalue weighted by Gasteiger charge is -2.18. The first-order chi connectivity index (χ1) is 6.88. The zero-order valence-electron chi connectivity index (χ0n) is 8.49. The van der Waals surface area contributed by atoms with E-state index in [2.05, 4.69) is 30.3 Å². The molecule has 1 fully saturated rings. The average Bonchev–Trinajstić information content (AvgIpc) is 2.30. The van der Waals surface area contributed by atoms with Crippen molar-refractivity contribution in [2.24, 2.45) is 5.14 Å². The first-order valence-electron chi connectivity index (χ1n) is 5.40. The second kappa shape index (κ2) is 4.85. The fourth-order valence-electron chi connectivity index (χ4n) is 2.09. The Labute approximate surface area is 89.2 Å². The van der Waals surface area contributed by atoms with Crippen LogP contribution in [0.2, 0.25) is 0 Å². The molecule has 0 saturated heterocycles. The quantitative estimate of drug-likeness (QED) is 0.743. The molecule has 0 aromatic heterocycles. The predicted octanol–water partition coefficient (Wildman–Crippen LogP) is 2.87. The van der Waals surface area contributed by atoms with Crippen LogP contribution in [-0.4, -0.2) is 5.25 Å². The molecule has 14 heavy (non-hydrogen) atoms. The van der Waals surface area contributed by atoms with Crippen LogP contribution in [0.1, 0.15) is 32.1 Å². The van der Waals surface area contributed by atoms with Gasteiger partial charge in [-0.3, -0.25) is 0 Å². The summed E-state index contributed by atoms with van der Waals surface area (Å²) in [6.45, 7) is 0. The van der Waals surface area contributed by atoms with E-state index in [1.54, 1.807) is 0 Å². The second-order valence-corrected chi connectivity index (χ2v) is 5.83. The van der Waals surface area contributed by atoms with Gasteiger partial charge < -0.3 is 0 Å². The van der Waals surface area contributed by atoms with Crippen LogP contribution >= 0.6 is 0 Å². The van der Waals surface area contributed by atoms with Gasteiger partial charge >= 0.3 is 0 Å². The van der Waals surface area contributed by atoms with Gasteiger partial charge in [0.15, 0.2) is 4.90 Å². The van der Waals surface area contributed by atoms with Crippen molar-refractivity contribution in [3.8, 4) is 0 Å². The Bertz CT molecular complexity index is 267. The summed E-state index contributed by atoms with van der Waals surface area (Å²) in [4.78, 5) is 1.33. The van der Waals surface area contributed by atoms with Crippen molar-refractivity contribution in [3.05, 3.63) is 30.3 Å². The largest absolute Gasteiger partial charge is 0.175 e. The Kier molecular flexibility index (Phi) is 3.49. The summed E-state index contributed by atoms with van der Waals surface area (Å²) < 4.78 is 0. The molecule has 2 heteroatoms. The first kappa shape index (κ1) is 10.1. The SMILES string of the molecule is N[S+](c1ccccc1)C1CCCCC1. The molecule has 0 radical (unpaired) electrons. The van der Waals surface area contributed by atoms with E-state index in [0.717, 1.165) is 5.25 Å². The van der Waals surface area contributed by atoms with E-state index >= 15 is 0 Å². The highest BCUT2D eigenvalue weighted by Gasteiger charge is 2.30. The molecule has 0 spiro atoms. The molecular weight excluding hydrogens is 190 g/mol. The van der Waals surface area contributed by atoms with Gasteiger partial charge in [-0.05, 0) is 37.8 Å². The summed E-state index contributed by atoms with van der Waals surface area (Å²) in [6, 6.07) is 10.6. The zero-order valence-corrected chi connectivity index (χ0v) is 9.30. The molecule has 0 aliphatic heterocycles. The molecule has 2 rings (SSSR count). The monoisotopic (exact) mass is 208 g/mol. The van der Waals surface area contributed by atoms with Crippen molar-refractivity contribution in [1.29, 1.82) is 0 Å². The molecule has 1 aromatic rings. The minimum atomic E-state index is -0.0198. The molecule has 2 N–H and O–H groups in total.